The Balaban J connectivity index is 2.16. The topological polar surface area (TPSA) is 66.8 Å². The molecule has 4 heteroatoms. The van der Waals surface area contributed by atoms with Gasteiger partial charge in [-0.2, -0.15) is 0 Å². The summed E-state index contributed by atoms with van der Waals surface area (Å²) in [5.74, 6) is 0.343. The number of aliphatic hydroxyl groups excluding tert-OH is 2. The molecule has 1 saturated carbocycles. The van der Waals surface area contributed by atoms with E-state index >= 15 is 0 Å². The third-order valence-corrected chi connectivity index (χ3v) is 6.61. The minimum absolute atomic E-state index is 0.0285. The molecular weight excluding hydrogens is 388 g/mol. The van der Waals surface area contributed by atoms with Crippen LogP contribution >= 0.6 is 0 Å². The lowest BCUT2D eigenvalue weighted by atomic mass is 9.86. The van der Waals surface area contributed by atoms with Crippen molar-refractivity contribution in [3.05, 3.63) is 12.2 Å². The normalized spacial score (nSPS) is 23.8. The molecule has 0 amide bonds. The van der Waals surface area contributed by atoms with Gasteiger partial charge in [0.1, 0.15) is 0 Å². The maximum absolute atomic E-state index is 11.5. The number of allylic oxidation sites excluding steroid dienone is 2. The van der Waals surface area contributed by atoms with Crippen molar-refractivity contribution in [2.24, 2.45) is 11.8 Å². The molecule has 0 bridgehead atoms. The van der Waals surface area contributed by atoms with E-state index in [-0.39, 0.29) is 36.1 Å². The monoisotopic (exact) mass is 438 g/mol. The maximum Gasteiger partial charge on any atom is 0.306 e. The SMILES string of the molecule is CCCCCCCCCCC1C(O)CC(O)C1C/C=C/CCCCCC(=O)OC(C)C. The number of ether oxygens (including phenoxy) is 1. The average molecular weight is 439 g/mol. The Hall–Kier alpha value is -0.870. The quantitative estimate of drug-likeness (QED) is 0.141. The number of carbonyl (C=O) groups excluding carboxylic acids is 1. The molecule has 0 heterocycles. The summed E-state index contributed by atoms with van der Waals surface area (Å²) in [6.45, 7) is 6.01. The first-order valence-electron chi connectivity index (χ1n) is 13.2. The third kappa shape index (κ3) is 13.3. The zero-order valence-corrected chi connectivity index (χ0v) is 20.6. The third-order valence-electron chi connectivity index (χ3n) is 6.61. The van der Waals surface area contributed by atoms with E-state index < -0.39 is 0 Å². The first kappa shape index (κ1) is 28.2. The fourth-order valence-electron chi connectivity index (χ4n) is 4.82. The predicted octanol–water partition coefficient (Wildman–Crippen LogP) is 6.72. The van der Waals surface area contributed by atoms with E-state index in [1.165, 1.54) is 51.4 Å². The number of unbranched alkanes of at least 4 members (excludes halogenated alkanes) is 10. The second-order valence-electron chi connectivity index (χ2n) is 9.81. The van der Waals surface area contributed by atoms with Gasteiger partial charge in [0.05, 0.1) is 18.3 Å². The highest BCUT2D eigenvalue weighted by atomic mass is 16.5. The molecule has 0 radical (unpaired) electrons. The Morgan fingerprint density at radius 1 is 0.871 bits per heavy atom. The molecule has 1 rings (SSSR count). The zero-order chi connectivity index (χ0) is 22.9. The molecule has 4 atom stereocenters. The van der Waals surface area contributed by atoms with Gasteiger partial charge in [-0.15, -0.1) is 0 Å². The molecule has 0 aliphatic heterocycles. The molecule has 0 aromatic rings. The number of carbonyl (C=O) groups is 1. The van der Waals surface area contributed by atoms with Gasteiger partial charge in [-0.25, -0.2) is 0 Å². The minimum Gasteiger partial charge on any atom is -0.463 e. The summed E-state index contributed by atoms with van der Waals surface area (Å²) in [5, 5.41) is 20.8. The van der Waals surface area contributed by atoms with Crippen molar-refractivity contribution in [1.82, 2.24) is 0 Å². The van der Waals surface area contributed by atoms with Crippen molar-refractivity contribution in [3.8, 4) is 0 Å². The highest BCUT2D eigenvalue weighted by molar-refractivity contribution is 5.69. The molecule has 0 aromatic heterocycles. The highest BCUT2D eigenvalue weighted by Gasteiger charge is 2.40. The molecule has 1 aliphatic carbocycles. The van der Waals surface area contributed by atoms with Crippen LogP contribution in [0.2, 0.25) is 0 Å². The van der Waals surface area contributed by atoms with Crippen LogP contribution in [-0.2, 0) is 9.53 Å². The lowest BCUT2D eigenvalue weighted by Gasteiger charge is -2.22. The van der Waals surface area contributed by atoms with Gasteiger partial charge in [0.2, 0.25) is 0 Å². The van der Waals surface area contributed by atoms with Gasteiger partial charge in [0.25, 0.3) is 0 Å². The van der Waals surface area contributed by atoms with Gasteiger partial charge < -0.3 is 14.9 Å². The summed E-state index contributed by atoms with van der Waals surface area (Å²) in [6, 6.07) is 0. The van der Waals surface area contributed by atoms with Gasteiger partial charge in [0.15, 0.2) is 0 Å². The summed E-state index contributed by atoms with van der Waals surface area (Å²) in [4.78, 5) is 11.5. The predicted molar refractivity (Wildman–Crippen MR) is 129 cm³/mol. The fourth-order valence-corrected chi connectivity index (χ4v) is 4.82. The highest BCUT2D eigenvalue weighted by Crippen LogP contribution is 2.38. The average Bonchev–Trinajstić information content (AvgIpc) is 2.98. The summed E-state index contributed by atoms with van der Waals surface area (Å²) < 4.78 is 5.15. The molecule has 31 heavy (non-hydrogen) atoms. The Morgan fingerprint density at radius 3 is 2.16 bits per heavy atom. The number of rotatable bonds is 18. The number of aliphatic hydroxyl groups is 2. The van der Waals surface area contributed by atoms with Crippen LogP contribution in [0.5, 0.6) is 0 Å². The van der Waals surface area contributed by atoms with Crippen molar-refractivity contribution in [3.63, 3.8) is 0 Å². The molecule has 2 N–H and O–H groups in total. The first-order chi connectivity index (χ1) is 15.0. The summed E-state index contributed by atoms with van der Waals surface area (Å²) in [7, 11) is 0. The molecule has 0 spiro atoms. The molecule has 1 aliphatic rings. The standard InChI is InChI=1S/C27H50O4/c1-4-5-6-7-8-9-12-15-18-23-24(26(29)21-25(23)28)19-16-13-10-11-14-17-20-27(30)31-22(2)3/h13,16,22-26,28-29H,4-12,14-15,17-21H2,1-3H3/b16-13+. The second-order valence-corrected chi connectivity index (χ2v) is 9.81. The van der Waals surface area contributed by atoms with E-state index in [0.29, 0.717) is 12.8 Å². The number of hydrogen-bond donors (Lipinski definition) is 2. The molecule has 4 nitrogen and oxygen atoms in total. The van der Waals surface area contributed by atoms with E-state index in [1.54, 1.807) is 0 Å². The van der Waals surface area contributed by atoms with Crippen LogP contribution in [0.4, 0.5) is 0 Å². The largest absolute Gasteiger partial charge is 0.463 e. The lowest BCUT2D eigenvalue weighted by Crippen LogP contribution is -2.21. The number of hydrogen-bond acceptors (Lipinski definition) is 4. The van der Waals surface area contributed by atoms with Crippen molar-refractivity contribution in [2.45, 2.75) is 142 Å². The van der Waals surface area contributed by atoms with Crippen LogP contribution in [0, 0.1) is 11.8 Å². The fraction of sp³-hybridized carbons (Fsp3) is 0.889. The first-order valence-corrected chi connectivity index (χ1v) is 13.2. The molecule has 0 aromatic carbocycles. The van der Waals surface area contributed by atoms with E-state index in [9.17, 15) is 15.0 Å². The van der Waals surface area contributed by atoms with Crippen LogP contribution in [0.15, 0.2) is 12.2 Å². The van der Waals surface area contributed by atoms with E-state index in [1.807, 2.05) is 13.8 Å². The summed E-state index contributed by atoms with van der Waals surface area (Å²) in [5.41, 5.74) is 0. The van der Waals surface area contributed by atoms with Gasteiger partial charge in [-0.05, 0) is 64.2 Å². The number of esters is 1. The van der Waals surface area contributed by atoms with Gasteiger partial charge >= 0.3 is 5.97 Å². The molecule has 182 valence electrons. The van der Waals surface area contributed by atoms with Crippen LogP contribution in [0.3, 0.4) is 0 Å². The molecule has 0 saturated heterocycles. The lowest BCUT2D eigenvalue weighted by molar-refractivity contribution is -0.147. The molecular formula is C27H50O4. The van der Waals surface area contributed by atoms with Crippen molar-refractivity contribution in [1.29, 1.82) is 0 Å². The molecule has 1 fully saturated rings. The Morgan fingerprint density at radius 2 is 1.48 bits per heavy atom. The summed E-state index contributed by atoms with van der Waals surface area (Å²) in [6.07, 6.45) is 21.0. The van der Waals surface area contributed by atoms with Gasteiger partial charge in [-0.3, -0.25) is 4.79 Å². The van der Waals surface area contributed by atoms with Crippen LogP contribution < -0.4 is 0 Å². The van der Waals surface area contributed by atoms with Gasteiger partial charge in [-0.1, -0.05) is 76.9 Å². The van der Waals surface area contributed by atoms with E-state index in [0.717, 1.165) is 38.5 Å². The van der Waals surface area contributed by atoms with Crippen molar-refractivity contribution >= 4 is 5.97 Å². The van der Waals surface area contributed by atoms with Crippen LogP contribution in [0.1, 0.15) is 124 Å². The van der Waals surface area contributed by atoms with Crippen LogP contribution in [-0.4, -0.2) is 34.5 Å². The smallest absolute Gasteiger partial charge is 0.306 e. The van der Waals surface area contributed by atoms with Crippen molar-refractivity contribution in [2.75, 3.05) is 0 Å². The van der Waals surface area contributed by atoms with E-state index in [2.05, 4.69) is 19.1 Å². The molecule has 4 unspecified atom stereocenters. The maximum atomic E-state index is 11.5. The second kappa shape index (κ2) is 17.7. The Bertz CT molecular complexity index is 474. The van der Waals surface area contributed by atoms with Gasteiger partial charge in [0, 0.05) is 6.42 Å². The Labute approximate surface area is 191 Å². The van der Waals surface area contributed by atoms with E-state index in [4.69, 9.17) is 4.74 Å². The zero-order valence-electron chi connectivity index (χ0n) is 20.6. The summed E-state index contributed by atoms with van der Waals surface area (Å²) >= 11 is 0. The Kier molecular flexibility index (Phi) is 16.0. The van der Waals surface area contributed by atoms with Crippen LogP contribution in [0.25, 0.3) is 0 Å². The minimum atomic E-state index is -0.370. The van der Waals surface area contributed by atoms with Crippen molar-refractivity contribution < 1.29 is 19.7 Å².